The number of hydrogen-bond donors (Lipinski definition) is 0. The van der Waals surface area contributed by atoms with E-state index >= 15 is 0 Å². The van der Waals surface area contributed by atoms with Crippen LogP contribution in [-0.2, 0) is 13.0 Å². The van der Waals surface area contributed by atoms with Crippen molar-refractivity contribution in [3.05, 3.63) is 59.2 Å². The van der Waals surface area contributed by atoms with Crippen LogP contribution in [-0.4, -0.2) is 14.8 Å². The number of halogens is 1. The van der Waals surface area contributed by atoms with E-state index in [1.54, 1.807) is 0 Å². The first-order valence-corrected chi connectivity index (χ1v) is 8.38. The lowest BCUT2D eigenvalue weighted by atomic mass is 10.0. The first-order valence-electron chi connectivity index (χ1n) is 8.00. The number of benzene rings is 2. The maximum Gasteiger partial charge on any atom is 0.250 e. The van der Waals surface area contributed by atoms with E-state index in [-0.39, 0.29) is 0 Å². The zero-order chi connectivity index (χ0) is 16.1. The topological polar surface area (TPSA) is 43.9 Å². The molecule has 0 bridgehead atoms. The summed E-state index contributed by atoms with van der Waals surface area (Å²) in [5.74, 6) is 1.07. The zero-order valence-corrected chi connectivity index (χ0v) is 13.6. The van der Waals surface area contributed by atoms with Gasteiger partial charge in [-0.3, -0.25) is 0 Å². The fraction of sp³-hybridized carbons (Fsp3) is 0.158. The van der Waals surface area contributed by atoms with E-state index in [1.165, 1.54) is 22.9 Å². The maximum atomic E-state index is 5.94. The highest BCUT2D eigenvalue weighted by atomic mass is 35.5. The highest BCUT2D eigenvalue weighted by Gasteiger charge is 2.20. The minimum atomic E-state index is 0.508. The molecule has 5 rings (SSSR count). The Kier molecular flexibility index (Phi) is 3.00. The van der Waals surface area contributed by atoms with Gasteiger partial charge in [0, 0.05) is 28.7 Å². The molecule has 4 nitrogen and oxygen atoms in total. The van der Waals surface area contributed by atoms with E-state index < -0.39 is 0 Å². The Morgan fingerprint density at radius 2 is 1.83 bits per heavy atom. The third kappa shape index (κ3) is 2.07. The average Bonchev–Trinajstić information content (AvgIpc) is 3.23. The summed E-state index contributed by atoms with van der Waals surface area (Å²) in [5, 5.41) is 10.3. The number of aryl methyl sites for hydroxylation is 2. The van der Waals surface area contributed by atoms with Gasteiger partial charge in [0.15, 0.2) is 0 Å². The fourth-order valence-electron chi connectivity index (χ4n) is 3.47. The quantitative estimate of drug-likeness (QED) is 0.520. The molecule has 5 heteroatoms. The molecule has 0 fully saturated rings. The Balaban J connectivity index is 1.64. The number of nitrogens with zero attached hydrogens (tertiary/aromatic N) is 3. The Bertz CT molecular complexity index is 1050. The van der Waals surface area contributed by atoms with Crippen LogP contribution in [0.2, 0.25) is 5.02 Å². The molecule has 0 atom stereocenters. The molecular formula is C19H14ClN3O. The van der Waals surface area contributed by atoms with Gasteiger partial charge in [0.2, 0.25) is 11.8 Å². The van der Waals surface area contributed by atoms with Crippen molar-refractivity contribution < 1.29 is 4.42 Å². The van der Waals surface area contributed by atoms with Crippen molar-refractivity contribution in [3.8, 4) is 22.9 Å². The molecule has 0 unspecified atom stereocenters. The van der Waals surface area contributed by atoms with E-state index in [0.29, 0.717) is 16.8 Å². The number of para-hydroxylation sites is 1. The summed E-state index contributed by atoms with van der Waals surface area (Å²) >= 11 is 5.94. The van der Waals surface area contributed by atoms with Crippen molar-refractivity contribution in [3.63, 3.8) is 0 Å². The van der Waals surface area contributed by atoms with Gasteiger partial charge in [-0.15, -0.1) is 10.2 Å². The van der Waals surface area contributed by atoms with Crippen molar-refractivity contribution in [2.75, 3.05) is 0 Å². The fourth-order valence-corrected chi connectivity index (χ4v) is 3.59. The predicted octanol–water partition coefficient (Wildman–Crippen LogP) is 4.96. The summed E-state index contributed by atoms with van der Waals surface area (Å²) in [5.41, 5.74) is 4.56. The van der Waals surface area contributed by atoms with Gasteiger partial charge in [-0.2, -0.15) is 0 Å². The summed E-state index contributed by atoms with van der Waals surface area (Å²) in [4.78, 5) is 0. The van der Waals surface area contributed by atoms with Gasteiger partial charge in [0.05, 0.1) is 11.1 Å². The summed E-state index contributed by atoms with van der Waals surface area (Å²) in [6, 6.07) is 13.8. The molecule has 0 spiro atoms. The smallest absolute Gasteiger partial charge is 0.250 e. The third-order valence-corrected chi connectivity index (χ3v) is 4.83. The van der Waals surface area contributed by atoms with Crippen molar-refractivity contribution >= 4 is 22.5 Å². The van der Waals surface area contributed by atoms with E-state index in [0.717, 1.165) is 24.1 Å². The predicted molar refractivity (Wildman–Crippen MR) is 94.0 cm³/mol. The summed E-state index contributed by atoms with van der Waals surface area (Å²) in [7, 11) is 0. The Morgan fingerprint density at radius 3 is 2.71 bits per heavy atom. The van der Waals surface area contributed by atoms with Crippen LogP contribution in [0.4, 0.5) is 0 Å². The normalized spacial score (nSPS) is 13.5. The molecule has 0 radical (unpaired) electrons. The second kappa shape index (κ2) is 5.21. The van der Waals surface area contributed by atoms with Gasteiger partial charge in [0.1, 0.15) is 0 Å². The van der Waals surface area contributed by atoms with Crippen molar-refractivity contribution in [1.29, 1.82) is 0 Å². The standard InChI is InChI=1S/C19H14ClN3O/c20-14-8-6-13(7-9-14)18-21-22-19(24-18)16-11-23-10-2-4-12-3-1-5-15(16)17(12)23/h1,3,5-9,11H,2,4,10H2. The second-order valence-electron chi connectivity index (χ2n) is 6.07. The van der Waals surface area contributed by atoms with Crippen LogP contribution in [0.25, 0.3) is 33.8 Å². The van der Waals surface area contributed by atoms with E-state index in [2.05, 4.69) is 39.2 Å². The van der Waals surface area contributed by atoms with Crippen LogP contribution >= 0.6 is 11.6 Å². The molecule has 0 N–H and O–H groups in total. The molecule has 24 heavy (non-hydrogen) atoms. The molecule has 1 aliphatic rings. The Hall–Kier alpha value is -2.59. The number of rotatable bonds is 2. The molecule has 0 saturated carbocycles. The van der Waals surface area contributed by atoms with Crippen LogP contribution in [0.1, 0.15) is 12.0 Å². The van der Waals surface area contributed by atoms with Crippen LogP contribution < -0.4 is 0 Å². The molecule has 4 aromatic rings. The molecule has 0 saturated heterocycles. The first kappa shape index (κ1) is 13.8. The molecule has 0 aliphatic carbocycles. The minimum Gasteiger partial charge on any atom is -0.416 e. The highest BCUT2D eigenvalue weighted by Crippen LogP contribution is 2.35. The molecule has 2 aromatic heterocycles. The lowest BCUT2D eigenvalue weighted by Gasteiger charge is -2.14. The van der Waals surface area contributed by atoms with Gasteiger partial charge in [-0.05, 0) is 42.7 Å². The van der Waals surface area contributed by atoms with Crippen LogP contribution in [0.5, 0.6) is 0 Å². The van der Waals surface area contributed by atoms with Gasteiger partial charge in [-0.25, -0.2) is 0 Å². The Labute approximate surface area is 143 Å². The molecular weight excluding hydrogens is 322 g/mol. The van der Waals surface area contributed by atoms with Crippen molar-refractivity contribution in [1.82, 2.24) is 14.8 Å². The van der Waals surface area contributed by atoms with Crippen LogP contribution in [0.15, 0.2) is 53.1 Å². The van der Waals surface area contributed by atoms with E-state index in [9.17, 15) is 0 Å². The average molecular weight is 336 g/mol. The van der Waals surface area contributed by atoms with Gasteiger partial charge < -0.3 is 8.98 Å². The highest BCUT2D eigenvalue weighted by molar-refractivity contribution is 6.30. The van der Waals surface area contributed by atoms with E-state index in [4.69, 9.17) is 16.0 Å². The molecule has 2 aromatic carbocycles. The molecule has 1 aliphatic heterocycles. The summed E-state index contributed by atoms with van der Waals surface area (Å²) in [6.45, 7) is 1.03. The first-order chi connectivity index (χ1) is 11.8. The summed E-state index contributed by atoms with van der Waals surface area (Å²) < 4.78 is 8.24. The van der Waals surface area contributed by atoms with E-state index in [1.807, 2.05) is 24.3 Å². The zero-order valence-electron chi connectivity index (χ0n) is 12.9. The van der Waals surface area contributed by atoms with Crippen LogP contribution in [0, 0.1) is 0 Å². The van der Waals surface area contributed by atoms with Crippen molar-refractivity contribution in [2.24, 2.45) is 0 Å². The second-order valence-corrected chi connectivity index (χ2v) is 6.51. The monoisotopic (exact) mass is 335 g/mol. The number of hydrogen-bond acceptors (Lipinski definition) is 3. The maximum absolute atomic E-state index is 5.94. The molecule has 3 heterocycles. The molecule has 118 valence electrons. The lowest BCUT2D eigenvalue weighted by molar-refractivity contribution is 0.584. The van der Waals surface area contributed by atoms with Crippen LogP contribution in [0.3, 0.4) is 0 Å². The largest absolute Gasteiger partial charge is 0.416 e. The molecule has 0 amide bonds. The van der Waals surface area contributed by atoms with Gasteiger partial charge in [-0.1, -0.05) is 29.8 Å². The van der Waals surface area contributed by atoms with Gasteiger partial charge >= 0.3 is 0 Å². The minimum absolute atomic E-state index is 0.508. The third-order valence-electron chi connectivity index (χ3n) is 4.57. The summed E-state index contributed by atoms with van der Waals surface area (Å²) in [6.07, 6.45) is 4.42. The SMILES string of the molecule is Clc1ccc(-c2nnc(-c3cn4c5c(cccc35)CCC4)o2)cc1. The Morgan fingerprint density at radius 1 is 1.00 bits per heavy atom. The van der Waals surface area contributed by atoms with Gasteiger partial charge in [0.25, 0.3) is 0 Å². The lowest BCUT2D eigenvalue weighted by Crippen LogP contribution is -2.05. The van der Waals surface area contributed by atoms with Crippen molar-refractivity contribution in [2.45, 2.75) is 19.4 Å². The number of aromatic nitrogens is 3.